The van der Waals surface area contributed by atoms with E-state index in [9.17, 15) is 0 Å². The van der Waals surface area contributed by atoms with Crippen molar-refractivity contribution in [1.29, 1.82) is 0 Å². The van der Waals surface area contributed by atoms with Crippen LogP contribution in [0.5, 0.6) is 0 Å². The van der Waals surface area contributed by atoms with Gasteiger partial charge in [0, 0.05) is 13.6 Å². The summed E-state index contributed by atoms with van der Waals surface area (Å²) >= 11 is 0. The summed E-state index contributed by atoms with van der Waals surface area (Å²) in [4.78, 5) is 2.23. The van der Waals surface area contributed by atoms with Crippen LogP contribution in [0.4, 0.5) is 0 Å². The maximum Gasteiger partial charge on any atom is 0.0192 e. The molecule has 1 heteroatoms. The Labute approximate surface area is 64.7 Å². The third-order valence-corrected chi connectivity index (χ3v) is 1.25. The molecular weight excluding hydrogens is 122 g/mol. The number of nitrogens with zero attached hydrogens (tertiary/aromatic N) is 1. The van der Waals surface area contributed by atoms with Gasteiger partial charge >= 0.3 is 0 Å². The summed E-state index contributed by atoms with van der Waals surface area (Å²) in [6.45, 7) is 7.77. The van der Waals surface area contributed by atoms with E-state index in [0.29, 0.717) is 0 Å². The van der Waals surface area contributed by atoms with E-state index >= 15 is 0 Å². The molecule has 0 amide bonds. The molecule has 0 N–H and O–H groups in total. The molecule has 0 spiro atoms. The minimum absolute atomic E-state index is 0.756. The maximum atomic E-state index is 2.23. The molecule has 0 aliphatic rings. The van der Waals surface area contributed by atoms with E-state index < -0.39 is 0 Å². The van der Waals surface area contributed by atoms with E-state index in [1.54, 1.807) is 0 Å². The average Bonchev–Trinajstić information content (AvgIpc) is 1.82. The molecule has 0 atom stereocenters. The molecule has 0 saturated heterocycles. The second kappa shape index (κ2) is 5.33. The second-order valence-electron chi connectivity index (χ2n) is 3.13. The highest BCUT2D eigenvalue weighted by molar-refractivity contribution is 4.79. The first-order valence-electron chi connectivity index (χ1n) is 4.03. The van der Waals surface area contributed by atoms with Crippen molar-refractivity contribution < 1.29 is 0 Å². The fraction of sp³-hybridized carbons (Fsp3) is 0.778. The highest BCUT2D eigenvalue weighted by Gasteiger charge is 1.94. The van der Waals surface area contributed by atoms with E-state index in [1.807, 2.05) is 0 Å². The molecule has 0 aromatic rings. The smallest absolute Gasteiger partial charge is 0.0192 e. The summed E-state index contributed by atoms with van der Waals surface area (Å²) in [5.74, 6) is 0.756. The van der Waals surface area contributed by atoms with Gasteiger partial charge in [-0.1, -0.05) is 26.8 Å². The number of hydrogen-bond acceptors (Lipinski definition) is 1. The molecule has 0 unspecified atom stereocenters. The van der Waals surface area contributed by atoms with Crippen molar-refractivity contribution in [3.63, 3.8) is 0 Å². The Kier molecular flexibility index (Phi) is 5.09. The van der Waals surface area contributed by atoms with E-state index in [1.165, 1.54) is 0 Å². The normalized spacial score (nSPS) is 11.3. The minimum atomic E-state index is 0.756. The summed E-state index contributed by atoms with van der Waals surface area (Å²) < 4.78 is 0. The molecule has 0 aliphatic carbocycles. The van der Waals surface area contributed by atoms with Crippen molar-refractivity contribution in [3.05, 3.63) is 12.3 Å². The first-order valence-corrected chi connectivity index (χ1v) is 4.03. The van der Waals surface area contributed by atoms with Gasteiger partial charge in [-0.3, -0.25) is 0 Å². The molecule has 1 nitrogen and oxygen atoms in total. The fourth-order valence-corrected chi connectivity index (χ4v) is 0.922. The van der Waals surface area contributed by atoms with Crippen LogP contribution in [0.2, 0.25) is 0 Å². The quantitative estimate of drug-likeness (QED) is 0.581. The second-order valence-corrected chi connectivity index (χ2v) is 3.13. The molecule has 0 saturated carbocycles. The van der Waals surface area contributed by atoms with E-state index in [-0.39, 0.29) is 0 Å². The van der Waals surface area contributed by atoms with Gasteiger partial charge < -0.3 is 4.90 Å². The van der Waals surface area contributed by atoms with Crippen LogP contribution in [0.3, 0.4) is 0 Å². The maximum absolute atomic E-state index is 2.23. The zero-order chi connectivity index (χ0) is 7.98. The molecule has 0 rings (SSSR count). The first-order chi connectivity index (χ1) is 4.66. The van der Waals surface area contributed by atoms with Gasteiger partial charge in [-0.15, -0.1) is 0 Å². The summed E-state index contributed by atoms with van der Waals surface area (Å²) in [7, 11) is 2.12. The van der Waals surface area contributed by atoms with Gasteiger partial charge in [0.2, 0.25) is 0 Å². The lowest BCUT2D eigenvalue weighted by Gasteiger charge is -2.15. The Morgan fingerprint density at radius 1 is 1.40 bits per heavy atom. The van der Waals surface area contributed by atoms with Gasteiger partial charge in [0.05, 0.1) is 0 Å². The first kappa shape index (κ1) is 9.54. The van der Waals surface area contributed by atoms with Crippen LogP contribution in [0.25, 0.3) is 0 Å². The van der Waals surface area contributed by atoms with E-state index in [4.69, 9.17) is 0 Å². The zero-order valence-electron chi connectivity index (χ0n) is 7.59. The third kappa shape index (κ3) is 5.67. The Hall–Kier alpha value is -0.460. The van der Waals surface area contributed by atoms with Crippen molar-refractivity contribution in [2.75, 3.05) is 13.6 Å². The van der Waals surface area contributed by atoms with Crippen LogP contribution in [0.15, 0.2) is 12.3 Å². The van der Waals surface area contributed by atoms with Crippen LogP contribution in [-0.4, -0.2) is 18.5 Å². The molecule has 10 heavy (non-hydrogen) atoms. The largest absolute Gasteiger partial charge is 0.380 e. The van der Waals surface area contributed by atoms with Gasteiger partial charge in [-0.2, -0.15) is 0 Å². The van der Waals surface area contributed by atoms with Crippen LogP contribution >= 0.6 is 0 Å². The predicted octanol–water partition coefficient (Wildman–Crippen LogP) is 2.50. The SMILES string of the molecule is CC/C=C/N(C)CC(C)C. The van der Waals surface area contributed by atoms with Gasteiger partial charge in [0.25, 0.3) is 0 Å². The van der Waals surface area contributed by atoms with Gasteiger partial charge in [0.15, 0.2) is 0 Å². The zero-order valence-corrected chi connectivity index (χ0v) is 7.59. The standard InChI is InChI=1S/C9H19N/c1-5-6-7-10(4)8-9(2)3/h6-7,9H,5,8H2,1-4H3/b7-6+. The average molecular weight is 141 g/mol. The monoisotopic (exact) mass is 141 g/mol. The lowest BCUT2D eigenvalue weighted by Crippen LogP contribution is -2.16. The fourth-order valence-electron chi connectivity index (χ4n) is 0.922. The van der Waals surface area contributed by atoms with Crippen molar-refractivity contribution in [3.8, 4) is 0 Å². The van der Waals surface area contributed by atoms with Crippen molar-refractivity contribution in [1.82, 2.24) is 4.90 Å². The molecular formula is C9H19N. The molecule has 0 aromatic heterocycles. The van der Waals surface area contributed by atoms with Crippen LogP contribution < -0.4 is 0 Å². The van der Waals surface area contributed by atoms with Crippen molar-refractivity contribution in [2.45, 2.75) is 27.2 Å². The summed E-state index contributed by atoms with van der Waals surface area (Å²) in [5.41, 5.74) is 0. The number of rotatable bonds is 4. The third-order valence-electron chi connectivity index (χ3n) is 1.25. The summed E-state index contributed by atoms with van der Waals surface area (Å²) in [5, 5.41) is 0. The highest BCUT2D eigenvalue weighted by Crippen LogP contribution is 1.96. The highest BCUT2D eigenvalue weighted by atomic mass is 15.1. The molecule has 0 fully saturated rings. The van der Waals surface area contributed by atoms with Crippen molar-refractivity contribution in [2.24, 2.45) is 5.92 Å². The molecule has 0 radical (unpaired) electrons. The van der Waals surface area contributed by atoms with E-state index in [0.717, 1.165) is 18.9 Å². The molecule has 0 aromatic carbocycles. The molecule has 0 heterocycles. The summed E-state index contributed by atoms with van der Waals surface area (Å²) in [6, 6.07) is 0. The minimum Gasteiger partial charge on any atom is -0.380 e. The Morgan fingerprint density at radius 3 is 2.40 bits per heavy atom. The lowest BCUT2D eigenvalue weighted by atomic mass is 10.2. The Balaban J connectivity index is 3.42. The number of hydrogen-bond donors (Lipinski definition) is 0. The molecule has 0 bridgehead atoms. The summed E-state index contributed by atoms with van der Waals surface area (Å²) in [6.07, 6.45) is 5.46. The van der Waals surface area contributed by atoms with Crippen molar-refractivity contribution >= 4 is 0 Å². The lowest BCUT2D eigenvalue weighted by molar-refractivity contribution is 0.389. The number of allylic oxidation sites excluding steroid dienone is 1. The Bertz CT molecular complexity index is 94.9. The van der Waals surface area contributed by atoms with Gasteiger partial charge in [-0.05, 0) is 18.5 Å². The molecule has 0 aliphatic heterocycles. The van der Waals surface area contributed by atoms with Gasteiger partial charge in [-0.25, -0.2) is 0 Å². The van der Waals surface area contributed by atoms with Crippen LogP contribution in [0.1, 0.15) is 27.2 Å². The van der Waals surface area contributed by atoms with Crippen LogP contribution in [-0.2, 0) is 0 Å². The van der Waals surface area contributed by atoms with Crippen LogP contribution in [0, 0.1) is 5.92 Å². The Morgan fingerprint density at radius 2 is 2.00 bits per heavy atom. The topological polar surface area (TPSA) is 3.24 Å². The van der Waals surface area contributed by atoms with E-state index in [2.05, 4.69) is 45.0 Å². The molecule has 60 valence electrons. The van der Waals surface area contributed by atoms with Gasteiger partial charge in [0.1, 0.15) is 0 Å². The predicted molar refractivity (Wildman–Crippen MR) is 46.9 cm³/mol.